The first kappa shape index (κ1) is 15.3. The van der Waals surface area contributed by atoms with Crippen LogP contribution in [-0.4, -0.2) is 53.6 Å². The molecule has 0 amide bonds. The van der Waals surface area contributed by atoms with Crippen LogP contribution in [0, 0.1) is 0 Å². The third-order valence-electron chi connectivity index (χ3n) is 1.75. The van der Waals surface area contributed by atoms with E-state index in [4.69, 9.17) is 5.11 Å². The lowest BCUT2D eigenvalue weighted by Gasteiger charge is -2.07. The molecule has 0 aliphatic carbocycles. The number of halogens is 1. The number of methoxy groups -OCH3 is 1. The number of aliphatic hydroxyl groups excluding tert-OH is 1. The molecule has 1 heterocycles. The van der Waals surface area contributed by atoms with Crippen LogP contribution in [0.2, 0.25) is 0 Å². The van der Waals surface area contributed by atoms with Crippen LogP contribution in [-0.2, 0) is 4.74 Å². The summed E-state index contributed by atoms with van der Waals surface area (Å²) in [6.07, 6.45) is 1.31. The van der Waals surface area contributed by atoms with E-state index in [1.54, 1.807) is 7.05 Å². The first-order valence-corrected chi connectivity index (χ1v) is 4.54. The molecule has 9 heteroatoms. The van der Waals surface area contributed by atoms with Crippen LogP contribution in [0.1, 0.15) is 10.4 Å². The fraction of sp³-hybridized carbons (Fsp3) is 0.500. The minimum absolute atomic E-state index is 0. The van der Waals surface area contributed by atoms with E-state index in [1.165, 1.54) is 18.3 Å². The van der Waals surface area contributed by atoms with Crippen molar-refractivity contribution in [2.45, 2.75) is 0 Å². The van der Waals surface area contributed by atoms with E-state index in [1.807, 2.05) is 0 Å². The monoisotopic (exact) mass is 263 g/mol. The Morgan fingerprint density at radius 2 is 2.41 bits per heavy atom. The molecule has 0 spiro atoms. The maximum atomic E-state index is 11.2. The minimum Gasteiger partial charge on any atom is -0.465 e. The van der Waals surface area contributed by atoms with Crippen molar-refractivity contribution in [3.63, 3.8) is 0 Å². The highest BCUT2D eigenvalue weighted by atomic mass is 35.5. The predicted molar refractivity (Wildman–Crippen MR) is 61.4 cm³/mol. The van der Waals surface area contributed by atoms with E-state index in [2.05, 4.69) is 25.3 Å². The summed E-state index contributed by atoms with van der Waals surface area (Å²) in [4.78, 5) is 11.2. The van der Waals surface area contributed by atoms with Gasteiger partial charge in [0.15, 0.2) is 5.82 Å². The second-order valence-corrected chi connectivity index (χ2v) is 2.92. The van der Waals surface area contributed by atoms with Gasteiger partial charge in [0.2, 0.25) is 0 Å². The van der Waals surface area contributed by atoms with Crippen LogP contribution in [0.3, 0.4) is 0 Å². The Balaban J connectivity index is 0.00000256. The maximum absolute atomic E-state index is 11.2. The first-order chi connectivity index (χ1) is 7.69. The number of carbonyl (C=O) groups excluding carboxylic acids is 1. The van der Waals surface area contributed by atoms with Gasteiger partial charge >= 0.3 is 5.97 Å². The summed E-state index contributed by atoms with van der Waals surface area (Å²) in [6.45, 7) is 0.327. The molecule has 1 aromatic heterocycles. The van der Waals surface area contributed by atoms with Gasteiger partial charge in [0.05, 0.1) is 26.5 Å². The number of nitrogens with one attached hydrogen (secondary N) is 1. The number of rotatable bonds is 5. The van der Waals surface area contributed by atoms with E-state index in [0.29, 0.717) is 6.54 Å². The fourth-order valence-corrected chi connectivity index (χ4v) is 0.925. The van der Waals surface area contributed by atoms with Crippen LogP contribution in [0.4, 0.5) is 5.82 Å². The molecule has 1 rings (SSSR count). The topological polar surface area (TPSA) is 103 Å². The Morgan fingerprint density at radius 1 is 1.71 bits per heavy atom. The van der Waals surface area contributed by atoms with Gasteiger partial charge in [-0.05, 0) is 0 Å². The fourth-order valence-electron chi connectivity index (χ4n) is 0.925. The molecule has 8 nitrogen and oxygen atoms in total. The summed E-state index contributed by atoms with van der Waals surface area (Å²) < 4.78 is 4.54. The molecule has 2 N–H and O–H groups in total. The van der Waals surface area contributed by atoms with Gasteiger partial charge in [-0.3, -0.25) is 10.1 Å². The first-order valence-electron chi connectivity index (χ1n) is 4.54. The summed E-state index contributed by atoms with van der Waals surface area (Å²) in [7, 11) is 2.92. The summed E-state index contributed by atoms with van der Waals surface area (Å²) in [5.41, 5.74) is 0.212. The lowest BCUT2D eigenvalue weighted by molar-refractivity contribution is 0.0601. The van der Waals surface area contributed by atoms with Crippen molar-refractivity contribution in [3.05, 3.63) is 11.8 Å². The van der Waals surface area contributed by atoms with Gasteiger partial charge in [-0.25, -0.2) is 4.79 Å². The Bertz CT molecular complexity index is 381. The average Bonchev–Trinajstić information content (AvgIpc) is 2.74. The molecule has 0 saturated carbocycles. The zero-order chi connectivity index (χ0) is 12.0. The lowest BCUT2D eigenvalue weighted by Crippen LogP contribution is -2.14. The Morgan fingerprint density at radius 3 is 3.00 bits per heavy atom. The molecule has 0 atom stereocenters. The zero-order valence-corrected chi connectivity index (χ0v) is 10.3. The molecule has 0 bridgehead atoms. The number of aromatic nitrogens is 2. The lowest BCUT2D eigenvalue weighted by atomic mass is 10.3. The van der Waals surface area contributed by atoms with Crippen LogP contribution in [0.15, 0.2) is 16.5 Å². The Hall–Kier alpha value is -1.67. The van der Waals surface area contributed by atoms with Crippen molar-refractivity contribution in [1.82, 2.24) is 15.2 Å². The SMILES string of the molecule is COC(=O)c1cn[nH]c1/N=N/N(C)CCO.Cl. The number of carbonyl (C=O) groups is 1. The van der Waals surface area contributed by atoms with E-state index >= 15 is 0 Å². The number of aliphatic hydroxyl groups is 1. The van der Waals surface area contributed by atoms with Crippen molar-refractivity contribution >= 4 is 24.2 Å². The van der Waals surface area contributed by atoms with E-state index in [-0.39, 0.29) is 30.4 Å². The number of H-pyrrole nitrogens is 1. The number of hydrogen-bond acceptors (Lipinski definition) is 6. The van der Waals surface area contributed by atoms with Crippen molar-refractivity contribution in [1.29, 1.82) is 0 Å². The quantitative estimate of drug-likeness (QED) is 0.458. The number of hydrogen-bond donors (Lipinski definition) is 2. The Kier molecular flexibility index (Phi) is 6.83. The van der Waals surface area contributed by atoms with E-state index in [9.17, 15) is 4.79 Å². The zero-order valence-electron chi connectivity index (χ0n) is 9.45. The Labute approximate surface area is 104 Å². The van der Waals surface area contributed by atoms with E-state index in [0.717, 1.165) is 0 Å². The summed E-state index contributed by atoms with van der Waals surface area (Å²) in [5, 5.41) is 23.8. The molecule has 0 fully saturated rings. The van der Waals surface area contributed by atoms with Crippen molar-refractivity contribution in [3.8, 4) is 0 Å². The molecule has 1 aromatic rings. The van der Waals surface area contributed by atoms with Gasteiger partial charge in [-0.15, -0.1) is 17.5 Å². The third kappa shape index (κ3) is 4.37. The van der Waals surface area contributed by atoms with Crippen molar-refractivity contribution < 1.29 is 14.6 Å². The number of likely N-dealkylation sites (N-methyl/N-ethyl adjacent to an activating group) is 1. The van der Waals surface area contributed by atoms with Gasteiger partial charge in [-0.1, -0.05) is 5.22 Å². The number of ether oxygens (including phenoxy) is 1. The highest BCUT2D eigenvalue weighted by molar-refractivity contribution is 5.93. The van der Waals surface area contributed by atoms with Gasteiger partial charge < -0.3 is 9.84 Å². The number of aromatic amines is 1. The molecular weight excluding hydrogens is 250 g/mol. The minimum atomic E-state index is -0.535. The normalized spacial score (nSPS) is 10.1. The molecule has 0 aliphatic heterocycles. The van der Waals surface area contributed by atoms with Crippen molar-refractivity contribution in [2.75, 3.05) is 27.3 Å². The van der Waals surface area contributed by atoms with E-state index < -0.39 is 5.97 Å². The molecule has 0 aromatic carbocycles. The highest BCUT2D eigenvalue weighted by Gasteiger charge is 2.13. The second-order valence-electron chi connectivity index (χ2n) is 2.92. The molecule has 0 saturated heterocycles. The molecular formula is C8H14ClN5O3. The van der Waals surface area contributed by atoms with Gasteiger partial charge in [0.25, 0.3) is 0 Å². The second kappa shape index (κ2) is 7.58. The molecule has 0 unspecified atom stereocenters. The van der Waals surface area contributed by atoms with Crippen LogP contribution in [0.5, 0.6) is 0 Å². The number of nitrogens with zero attached hydrogens (tertiary/aromatic N) is 4. The molecule has 0 aliphatic rings. The average molecular weight is 264 g/mol. The number of esters is 1. The molecule has 0 radical (unpaired) electrons. The predicted octanol–water partition coefficient (Wildman–Crippen LogP) is 0.541. The largest absolute Gasteiger partial charge is 0.465 e. The van der Waals surface area contributed by atoms with Gasteiger partial charge in [0.1, 0.15) is 5.56 Å². The highest BCUT2D eigenvalue weighted by Crippen LogP contribution is 2.16. The van der Waals surface area contributed by atoms with Gasteiger partial charge in [0, 0.05) is 7.05 Å². The molecule has 96 valence electrons. The summed E-state index contributed by atoms with van der Waals surface area (Å²) >= 11 is 0. The van der Waals surface area contributed by atoms with Crippen LogP contribution >= 0.6 is 12.4 Å². The summed E-state index contributed by atoms with van der Waals surface area (Å²) in [5.74, 6) is -0.316. The van der Waals surface area contributed by atoms with Crippen LogP contribution in [0.25, 0.3) is 0 Å². The van der Waals surface area contributed by atoms with Crippen molar-refractivity contribution in [2.24, 2.45) is 10.3 Å². The maximum Gasteiger partial charge on any atom is 0.343 e. The van der Waals surface area contributed by atoms with Gasteiger partial charge in [-0.2, -0.15) is 5.10 Å². The summed E-state index contributed by atoms with van der Waals surface area (Å²) in [6, 6.07) is 0. The smallest absolute Gasteiger partial charge is 0.343 e. The third-order valence-corrected chi connectivity index (χ3v) is 1.75. The van der Waals surface area contributed by atoms with Crippen LogP contribution < -0.4 is 0 Å². The molecule has 17 heavy (non-hydrogen) atoms. The standard InChI is InChI=1S/C8H13N5O3.ClH/c1-13(3-4-14)12-11-7-6(5-9-10-7)8(15)16-2;/h5,14H,3-4H2,1-2H3,(H,9,10);1H/b12-11+;.